The fourth-order valence-electron chi connectivity index (χ4n) is 10.0. The molecule has 4 aliphatic heterocycles. The predicted octanol–water partition coefficient (Wildman–Crippen LogP) is 7.71. The lowest BCUT2D eigenvalue weighted by atomic mass is 9.95. The Morgan fingerprint density at radius 2 is 0.986 bits per heavy atom. The van der Waals surface area contributed by atoms with Crippen LogP contribution < -0.4 is 9.47 Å². The summed E-state index contributed by atoms with van der Waals surface area (Å²) in [5.41, 5.74) is 8.74. The normalized spacial score (nSPS) is 20.8. The second-order valence-corrected chi connectivity index (χ2v) is 20.1. The number of aromatic nitrogens is 2. The average Bonchev–Trinajstić information content (AvgIpc) is 4.09. The van der Waals surface area contributed by atoms with Crippen LogP contribution >= 0.6 is 23.2 Å². The second-order valence-electron chi connectivity index (χ2n) is 19.3. The SMILES string of the molecule is COc1cc(C(=O)Cc2cc(Cl)cc(CN3CCN(C(=O)[C@@H]4CCOC4)[C@@H](C)C3)c2C)cnc1C.COc1cc(C(=O)Cc2cc(Cl)cc(CN3CCN(C(=O)[C@H]4CCOC4)[C@@H](C)C3)c2C)cnc1C. The van der Waals surface area contributed by atoms with Crippen LogP contribution in [-0.4, -0.2) is 145 Å². The Morgan fingerprint density at radius 1 is 0.600 bits per heavy atom. The number of hydrogen-bond donors (Lipinski definition) is 0. The highest BCUT2D eigenvalue weighted by molar-refractivity contribution is 6.31. The first-order chi connectivity index (χ1) is 33.5. The second kappa shape index (κ2) is 24.0. The lowest BCUT2D eigenvalue weighted by Gasteiger charge is -2.41. The third-order valence-electron chi connectivity index (χ3n) is 14.4. The molecule has 4 aliphatic rings. The predicted molar refractivity (Wildman–Crippen MR) is 270 cm³/mol. The number of pyridine rings is 2. The molecule has 4 atom stereocenters. The summed E-state index contributed by atoms with van der Waals surface area (Å²) in [6.07, 6.45) is 5.33. The van der Waals surface area contributed by atoms with Gasteiger partial charge in [0.05, 0.1) is 50.7 Å². The van der Waals surface area contributed by atoms with Crippen LogP contribution in [0.4, 0.5) is 0 Å². The molecular weight excluding hydrogens is 932 g/mol. The number of methoxy groups -OCH3 is 2. The van der Waals surface area contributed by atoms with E-state index in [1.807, 2.05) is 61.8 Å². The maximum absolute atomic E-state index is 13.0. The highest BCUT2D eigenvalue weighted by atomic mass is 35.5. The molecule has 4 saturated heterocycles. The molecule has 0 spiro atoms. The van der Waals surface area contributed by atoms with E-state index in [1.54, 1.807) is 38.7 Å². The summed E-state index contributed by atoms with van der Waals surface area (Å²) in [6, 6.07) is 11.5. The van der Waals surface area contributed by atoms with Crippen molar-refractivity contribution in [1.82, 2.24) is 29.6 Å². The molecule has 2 amide bonds. The van der Waals surface area contributed by atoms with E-state index in [0.29, 0.717) is 72.2 Å². The van der Waals surface area contributed by atoms with Crippen molar-refractivity contribution >= 4 is 46.6 Å². The van der Waals surface area contributed by atoms with Crippen molar-refractivity contribution in [3.8, 4) is 11.5 Å². The third kappa shape index (κ3) is 12.9. The van der Waals surface area contributed by atoms with Crippen LogP contribution in [0.15, 0.2) is 48.8 Å². The van der Waals surface area contributed by atoms with E-state index in [4.69, 9.17) is 42.1 Å². The van der Waals surface area contributed by atoms with Gasteiger partial charge in [-0.1, -0.05) is 23.2 Å². The maximum Gasteiger partial charge on any atom is 0.228 e. The van der Waals surface area contributed by atoms with E-state index < -0.39 is 0 Å². The van der Waals surface area contributed by atoms with Gasteiger partial charge in [-0.25, -0.2) is 0 Å². The minimum absolute atomic E-state index is 0.00275. The molecule has 6 heterocycles. The van der Waals surface area contributed by atoms with E-state index in [9.17, 15) is 19.2 Å². The van der Waals surface area contributed by atoms with Gasteiger partial charge in [0, 0.05) is 124 Å². The van der Waals surface area contributed by atoms with Gasteiger partial charge in [-0.15, -0.1) is 0 Å². The van der Waals surface area contributed by atoms with Gasteiger partial charge in [0.25, 0.3) is 0 Å². The van der Waals surface area contributed by atoms with Gasteiger partial charge in [-0.2, -0.15) is 0 Å². The molecule has 0 N–H and O–H groups in total. The summed E-state index contributed by atoms with van der Waals surface area (Å²) in [6.45, 7) is 20.5. The smallest absolute Gasteiger partial charge is 0.228 e. The molecule has 376 valence electrons. The van der Waals surface area contributed by atoms with Crippen molar-refractivity contribution in [2.75, 3.05) is 79.9 Å². The minimum Gasteiger partial charge on any atom is -0.495 e. The molecule has 8 rings (SSSR count). The van der Waals surface area contributed by atoms with Crippen molar-refractivity contribution in [2.45, 2.75) is 92.4 Å². The Morgan fingerprint density at radius 3 is 1.33 bits per heavy atom. The third-order valence-corrected chi connectivity index (χ3v) is 14.8. The Hall–Kier alpha value is -4.96. The summed E-state index contributed by atoms with van der Waals surface area (Å²) < 4.78 is 21.5. The molecule has 4 aromatic rings. The number of halogens is 2. The van der Waals surface area contributed by atoms with Gasteiger partial charge < -0.3 is 28.7 Å². The Balaban J connectivity index is 0.000000206. The molecule has 70 heavy (non-hydrogen) atoms. The number of carbonyl (C=O) groups is 4. The number of piperazine rings is 2. The zero-order valence-electron chi connectivity index (χ0n) is 41.9. The van der Waals surface area contributed by atoms with Crippen LogP contribution in [-0.2, 0) is 45.0 Å². The van der Waals surface area contributed by atoms with Crippen molar-refractivity contribution in [3.05, 3.63) is 115 Å². The van der Waals surface area contributed by atoms with E-state index >= 15 is 0 Å². The van der Waals surface area contributed by atoms with Gasteiger partial charge in [0.15, 0.2) is 11.6 Å². The zero-order valence-corrected chi connectivity index (χ0v) is 43.5. The van der Waals surface area contributed by atoms with E-state index in [-0.39, 0.29) is 60.1 Å². The first-order valence-corrected chi connectivity index (χ1v) is 25.1. The lowest BCUT2D eigenvalue weighted by molar-refractivity contribution is -0.141. The topological polar surface area (TPSA) is 144 Å². The Kier molecular flexibility index (Phi) is 18.1. The van der Waals surface area contributed by atoms with Gasteiger partial charge in [-0.3, -0.25) is 38.9 Å². The van der Waals surface area contributed by atoms with Crippen LogP contribution in [0.1, 0.15) is 92.2 Å². The Bertz CT molecular complexity index is 2370. The summed E-state index contributed by atoms with van der Waals surface area (Å²) in [5.74, 6) is 1.60. The highest BCUT2D eigenvalue weighted by Crippen LogP contribution is 2.29. The number of aryl methyl sites for hydroxylation is 2. The minimum atomic E-state index is -0.0243. The standard InChI is InChI=1S/2C27H34ClN3O4/c2*1-17-14-30(6-7-31(17)27(33)20-5-8-35-16-20)15-23-10-24(28)9-21(18(23)2)11-25(32)22-12-26(34-4)19(3)29-13-22/h2*9-10,12-13,17,20H,5-8,11,14-16H2,1-4H3/t17-,20+;17-,20-/m00/s1. The monoisotopic (exact) mass is 998 g/mol. The molecule has 0 radical (unpaired) electrons. The molecule has 4 fully saturated rings. The first-order valence-electron chi connectivity index (χ1n) is 24.4. The van der Waals surface area contributed by atoms with E-state index in [2.05, 4.69) is 33.6 Å². The van der Waals surface area contributed by atoms with Crippen LogP contribution in [0, 0.1) is 39.5 Å². The number of ether oxygens (including phenoxy) is 4. The van der Waals surface area contributed by atoms with Gasteiger partial charge in [0.1, 0.15) is 11.5 Å². The number of Topliss-reactive ketones (excluding diaryl/α,β-unsaturated/α-hetero) is 2. The van der Waals surface area contributed by atoms with Gasteiger partial charge in [-0.05, 0) is 124 Å². The number of ketones is 2. The first kappa shape index (κ1) is 52.9. The lowest BCUT2D eigenvalue weighted by Crippen LogP contribution is -2.55. The van der Waals surface area contributed by atoms with Crippen molar-refractivity contribution < 1.29 is 38.1 Å². The number of amides is 2. The van der Waals surface area contributed by atoms with Gasteiger partial charge in [0.2, 0.25) is 11.8 Å². The number of rotatable bonds is 14. The largest absolute Gasteiger partial charge is 0.495 e. The number of hydrogen-bond acceptors (Lipinski definition) is 12. The Labute approximate surface area is 422 Å². The average molecular weight is 1000 g/mol. The molecule has 16 heteroatoms. The van der Waals surface area contributed by atoms with Crippen molar-refractivity contribution in [2.24, 2.45) is 11.8 Å². The van der Waals surface area contributed by atoms with Gasteiger partial charge >= 0.3 is 0 Å². The zero-order chi connectivity index (χ0) is 50.2. The molecular formula is C54H68Cl2N6O8. The van der Waals surface area contributed by atoms with Crippen LogP contribution in [0.2, 0.25) is 10.0 Å². The fraction of sp³-hybridized carbons (Fsp3) is 0.519. The summed E-state index contributed by atoms with van der Waals surface area (Å²) in [4.78, 5) is 69.1. The molecule has 0 bridgehead atoms. The molecule has 2 aromatic carbocycles. The van der Waals surface area contributed by atoms with E-state index in [0.717, 1.165) is 96.9 Å². The molecule has 0 aliphatic carbocycles. The van der Waals surface area contributed by atoms with Crippen molar-refractivity contribution in [1.29, 1.82) is 0 Å². The van der Waals surface area contributed by atoms with Crippen molar-refractivity contribution in [3.63, 3.8) is 0 Å². The molecule has 2 aromatic heterocycles. The van der Waals surface area contributed by atoms with Crippen LogP contribution in [0.25, 0.3) is 0 Å². The maximum atomic E-state index is 13.0. The highest BCUT2D eigenvalue weighted by Gasteiger charge is 2.35. The number of benzene rings is 2. The quantitative estimate of drug-likeness (QED) is 0.114. The fourth-order valence-corrected chi connectivity index (χ4v) is 10.5. The summed E-state index contributed by atoms with van der Waals surface area (Å²) >= 11 is 13.0. The number of nitrogens with zero attached hydrogens (tertiary/aromatic N) is 6. The summed E-state index contributed by atoms with van der Waals surface area (Å²) in [7, 11) is 3.15. The van der Waals surface area contributed by atoms with Crippen LogP contribution in [0.5, 0.6) is 11.5 Å². The number of carbonyl (C=O) groups excluding carboxylic acids is 4. The van der Waals surface area contributed by atoms with Crippen LogP contribution in [0.3, 0.4) is 0 Å². The summed E-state index contributed by atoms with van der Waals surface area (Å²) in [5, 5.41) is 1.24. The molecule has 0 unspecified atom stereocenters. The van der Waals surface area contributed by atoms with E-state index in [1.165, 1.54) is 0 Å². The molecule has 0 saturated carbocycles. The molecule has 14 nitrogen and oxygen atoms in total.